The fourth-order valence-corrected chi connectivity index (χ4v) is 2.15. The van der Waals surface area contributed by atoms with E-state index in [0.717, 1.165) is 17.7 Å². The van der Waals surface area contributed by atoms with Crippen LogP contribution in [0.4, 0.5) is 16.3 Å². The third-order valence-electron chi connectivity index (χ3n) is 3.35. The van der Waals surface area contributed by atoms with Gasteiger partial charge in [0.1, 0.15) is 5.82 Å². The summed E-state index contributed by atoms with van der Waals surface area (Å²) in [6.07, 6.45) is 1.28. The molecule has 0 bridgehead atoms. The topological polar surface area (TPSA) is 96.3 Å². The standard InChI is InChI=1S/C16H20N4O3/c1-3-12-10-14(20(2)19-12)18-16(23)17-13-6-4-5-11(9-13)7-8-15(21)22/h4-6,9-10H,3,7-8H2,1-2H3,(H,21,22)(H2,17,18,23). The second kappa shape index (κ2) is 7.44. The van der Waals surface area contributed by atoms with Gasteiger partial charge in [-0.2, -0.15) is 5.10 Å². The highest BCUT2D eigenvalue weighted by Gasteiger charge is 2.08. The lowest BCUT2D eigenvalue weighted by Gasteiger charge is -2.08. The average molecular weight is 316 g/mol. The van der Waals surface area contributed by atoms with Crippen LogP contribution < -0.4 is 10.6 Å². The number of amides is 2. The predicted molar refractivity (Wildman–Crippen MR) is 87.6 cm³/mol. The number of carbonyl (C=O) groups is 2. The van der Waals surface area contributed by atoms with Gasteiger partial charge in [-0.3, -0.25) is 14.8 Å². The molecule has 0 aliphatic carbocycles. The van der Waals surface area contributed by atoms with Gasteiger partial charge < -0.3 is 10.4 Å². The minimum absolute atomic E-state index is 0.0600. The van der Waals surface area contributed by atoms with E-state index in [9.17, 15) is 9.59 Å². The van der Waals surface area contributed by atoms with E-state index in [0.29, 0.717) is 17.9 Å². The fourth-order valence-electron chi connectivity index (χ4n) is 2.15. The van der Waals surface area contributed by atoms with Gasteiger partial charge in [-0.05, 0) is 30.5 Å². The van der Waals surface area contributed by atoms with Crippen LogP contribution in [0.2, 0.25) is 0 Å². The second-order valence-electron chi connectivity index (χ2n) is 5.17. The molecule has 3 N–H and O–H groups in total. The van der Waals surface area contributed by atoms with Crippen molar-refractivity contribution in [2.24, 2.45) is 7.05 Å². The Kier molecular flexibility index (Phi) is 5.35. The first-order valence-electron chi connectivity index (χ1n) is 7.39. The molecular weight excluding hydrogens is 296 g/mol. The van der Waals surface area contributed by atoms with Crippen molar-refractivity contribution < 1.29 is 14.7 Å². The van der Waals surface area contributed by atoms with Crippen molar-refractivity contribution in [3.05, 3.63) is 41.6 Å². The summed E-state index contributed by atoms with van der Waals surface area (Å²) in [5.74, 6) is -0.231. The van der Waals surface area contributed by atoms with E-state index in [-0.39, 0.29) is 12.5 Å². The number of anilines is 2. The van der Waals surface area contributed by atoms with Crippen molar-refractivity contribution in [3.63, 3.8) is 0 Å². The van der Waals surface area contributed by atoms with E-state index in [4.69, 9.17) is 5.11 Å². The van der Waals surface area contributed by atoms with E-state index in [1.165, 1.54) is 0 Å². The normalized spacial score (nSPS) is 10.3. The SMILES string of the molecule is CCc1cc(NC(=O)Nc2cccc(CCC(=O)O)c2)n(C)n1. The predicted octanol–water partition coefficient (Wildman–Crippen LogP) is 2.64. The number of rotatable bonds is 6. The van der Waals surface area contributed by atoms with Gasteiger partial charge in [-0.25, -0.2) is 4.79 Å². The lowest BCUT2D eigenvalue weighted by atomic mass is 10.1. The molecule has 0 unspecified atom stereocenters. The molecule has 0 aliphatic heterocycles. The summed E-state index contributed by atoms with van der Waals surface area (Å²) in [6, 6.07) is 8.59. The lowest BCUT2D eigenvalue weighted by Crippen LogP contribution is -2.21. The zero-order valence-electron chi connectivity index (χ0n) is 13.2. The highest BCUT2D eigenvalue weighted by atomic mass is 16.4. The first-order valence-corrected chi connectivity index (χ1v) is 7.39. The van der Waals surface area contributed by atoms with Crippen LogP contribution in [0, 0.1) is 0 Å². The summed E-state index contributed by atoms with van der Waals surface area (Å²) in [4.78, 5) is 22.7. The number of aromatic nitrogens is 2. The molecule has 7 heteroatoms. The number of nitrogens with zero attached hydrogens (tertiary/aromatic N) is 2. The fraction of sp³-hybridized carbons (Fsp3) is 0.312. The molecule has 2 rings (SSSR count). The van der Waals surface area contributed by atoms with Gasteiger partial charge in [-0.15, -0.1) is 0 Å². The summed E-state index contributed by atoms with van der Waals surface area (Å²) in [5, 5.41) is 18.5. The Labute approximate surface area is 134 Å². The van der Waals surface area contributed by atoms with Gasteiger partial charge in [0.05, 0.1) is 5.69 Å². The number of benzene rings is 1. The van der Waals surface area contributed by atoms with Crippen LogP contribution in [0.15, 0.2) is 30.3 Å². The maximum atomic E-state index is 12.1. The maximum absolute atomic E-state index is 12.1. The summed E-state index contributed by atoms with van der Waals surface area (Å²) in [6.45, 7) is 1.99. The molecule has 2 amide bonds. The molecule has 0 atom stereocenters. The number of carbonyl (C=O) groups excluding carboxylic acids is 1. The Balaban J connectivity index is 1.98. The number of carboxylic acid groups (broad SMARTS) is 1. The monoisotopic (exact) mass is 316 g/mol. The van der Waals surface area contributed by atoms with Crippen LogP contribution in [0.3, 0.4) is 0 Å². The number of nitrogens with one attached hydrogen (secondary N) is 2. The number of carboxylic acids is 1. The van der Waals surface area contributed by atoms with E-state index >= 15 is 0 Å². The number of aliphatic carboxylic acids is 1. The Morgan fingerprint density at radius 3 is 2.70 bits per heavy atom. The Bertz CT molecular complexity index is 709. The van der Waals surface area contributed by atoms with Crippen molar-refractivity contribution in [2.45, 2.75) is 26.2 Å². The van der Waals surface area contributed by atoms with Crippen molar-refractivity contribution >= 4 is 23.5 Å². The lowest BCUT2D eigenvalue weighted by molar-refractivity contribution is -0.136. The average Bonchev–Trinajstić information content (AvgIpc) is 2.85. The molecule has 0 fully saturated rings. The zero-order valence-corrected chi connectivity index (χ0v) is 13.2. The third-order valence-corrected chi connectivity index (χ3v) is 3.35. The van der Waals surface area contributed by atoms with Gasteiger partial charge in [0.25, 0.3) is 0 Å². The minimum Gasteiger partial charge on any atom is -0.481 e. The van der Waals surface area contributed by atoms with Crippen molar-refractivity contribution in [2.75, 3.05) is 10.6 Å². The number of hydrogen-bond acceptors (Lipinski definition) is 3. The van der Waals surface area contributed by atoms with Gasteiger partial charge in [-0.1, -0.05) is 19.1 Å². The van der Waals surface area contributed by atoms with Gasteiger partial charge in [0.2, 0.25) is 0 Å². The molecule has 0 aliphatic rings. The molecule has 1 aromatic carbocycles. The van der Waals surface area contributed by atoms with Crippen LogP contribution >= 0.6 is 0 Å². The van der Waals surface area contributed by atoms with Crippen LogP contribution in [0.25, 0.3) is 0 Å². The van der Waals surface area contributed by atoms with E-state index in [2.05, 4.69) is 15.7 Å². The molecule has 7 nitrogen and oxygen atoms in total. The van der Waals surface area contributed by atoms with Crippen molar-refractivity contribution in [3.8, 4) is 0 Å². The largest absolute Gasteiger partial charge is 0.481 e. The zero-order chi connectivity index (χ0) is 16.8. The smallest absolute Gasteiger partial charge is 0.324 e. The first-order chi connectivity index (χ1) is 11.0. The summed E-state index contributed by atoms with van der Waals surface area (Å²) in [7, 11) is 1.77. The Morgan fingerprint density at radius 1 is 1.26 bits per heavy atom. The summed E-state index contributed by atoms with van der Waals surface area (Å²) in [5.41, 5.74) is 2.38. The third kappa shape index (κ3) is 4.84. The first kappa shape index (κ1) is 16.5. The van der Waals surface area contributed by atoms with Crippen molar-refractivity contribution in [1.82, 2.24) is 9.78 Å². The minimum atomic E-state index is -0.843. The molecule has 0 radical (unpaired) electrons. The molecule has 0 spiro atoms. The molecular formula is C16H20N4O3. The molecule has 0 saturated carbocycles. The van der Waals surface area contributed by atoms with Crippen LogP contribution in [0.1, 0.15) is 24.6 Å². The number of aryl methyl sites for hydroxylation is 3. The molecule has 1 aromatic heterocycles. The number of hydrogen-bond donors (Lipinski definition) is 3. The quantitative estimate of drug-likeness (QED) is 0.763. The highest BCUT2D eigenvalue weighted by Crippen LogP contribution is 2.14. The summed E-state index contributed by atoms with van der Waals surface area (Å²) < 4.78 is 1.61. The van der Waals surface area contributed by atoms with Crippen molar-refractivity contribution in [1.29, 1.82) is 0 Å². The van der Waals surface area contributed by atoms with Gasteiger partial charge in [0.15, 0.2) is 0 Å². The Hall–Kier alpha value is -2.83. The van der Waals surface area contributed by atoms with Crippen LogP contribution in [-0.4, -0.2) is 26.9 Å². The van der Waals surface area contributed by atoms with E-state index in [1.807, 2.05) is 19.1 Å². The molecule has 122 valence electrons. The highest BCUT2D eigenvalue weighted by molar-refractivity contribution is 5.99. The van der Waals surface area contributed by atoms with E-state index in [1.54, 1.807) is 29.9 Å². The maximum Gasteiger partial charge on any atom is 0.324 e. The molecule has 1 heterocycles. The van der Waals surface area contributed by atoms with Crippen LogP contribution in [0.5, 0.6) is 0 Å². The summed E-state index contributed by atoms with van der Waals surface area (Å²) >= 11 is 0. The Morgan fingerprint density at radius 2 is 2.04 bits per heavy atom. The second-order valence-corrected chi connectivity index (χ2v) is 5.17. The van der Waals surface area contributed by atoms with Gasteiger partial charge >= 0.3 is 12.0 Å². The molecule has 0 saturated heterocycles. The van der Waals surface area contributed by atoms with Gasteiger partial charge in [0, 0.05) is 25.2 Å². The molecule has 2 aromatic rings. The molecule has 23 heavy (non-hydrogen) atoms. The number of urea groups is 1. The van der Waals surface area contributed by atoms with Crippen LogP contribution in [-0.2, 0) is 24.7 Å². The van der Waals surface area contributed by atoms with E-state index < -0.39 is 5.97 Å².